The summed E-state index contributed by atoms with van der Waals surface area (Å²) in [6, 6.07) is 8.38. The van der Waals surface area contributed by atoms with Crippen LogP contribution < -0.4 is 4.90 Å². The summed E-state index contributed by atoms with van der Waals surface area (Å²) in [7, 11) is 0. The third-order valence-corrected chi connectivity index (χ3v) is 1.98. The maximum Gasteiger partial charge on any atom is 0.412 e. The lowest BCUT2D eigenvalue weighted by Gasteiger charge is -2.23. The Morgan fingerprint density at radius 1 is 1.53 bits per heavy atom. The predicted octanol–water partition coefficient (Wildman–Crippen LogP) is 2.45. The number of carbonyl (C=O) groups is 1. The molecule has 0 aliphatic heterocycles. The fourth-order valence-corrected chi connectivity index (χ4v) is 1.35. The lowest BCUT2D eigenvalue weighted by atomic mass is 10.2. The van der Waals surface area contributed by atoms with E-state index in [2.05, 4.69) is 0 Å². The third kappa shape index (κ3) is 2.47. The van der Waals surface area contributed by atoms with Crippen molar-refractivity contribution in [2.75, 3.05) is 4.90 Å². The molecule has 1 N–H and O–H groups in total. The molecule has 0 radical (unpaired) electrons. The first-order valence-electron chi connectivity index (χ1n) is 4.58. The van der Waals surface area contributed by atoms with Crippen LogP contribution in [0.25, 0.3) is 0 Å². The van der Waals surface area contributed by atoms with Crippen LogP contribution in [0.5, 0.6) is 0 Å². The molecule has 1 rings (SSSR count). The number of hydrogen-bond acceptors (Lipinski definition) is 2. The number of nitriles is 1. The van der Waals surface area contributed by atoms with Gasteiger partial charge in [-0.25, -0.2) is 4.79 Å². The van der Waals surface area contributed by atoms with E-state index < -0.39 is 6.09 Å². The Bertz CT molecular complexity index is 407. The molecule has 1 amide bonds. The fourth-order valence-electron chi connectivity index (χ4n) is 1.35. The van der Waals surface area contributed by atoms with Crippen molar-refractivity contribution < 1.29 is 9.90 Å². The van der Waals surface area contributed by atoms with Crippen molar-refractivity contribution in [2.24, 2.45) is 0 Å². The Hall–Kier alpha value is -2.02. The summed E-state index contributed by atoms with van der Waals surface area (Å²) in [4.78, 5) is 12.2. The second-order valence-electron chi connectivity index (χ2n) is 3.41. The summed E-state index contributed by atoms with van der Waals surface area (Å²) in [5.74, 6) is 0. The van der Waals surface area contributed by atoms with Crippen molar-refractivity contribution in [3.8, 4) is 6.07 Å². The Kier molecular flexibility index (Phi) is 3.29. The largest absolute Gasteiger partial charge is 0.465 e. The first kappa shape index (κ1) is 11.1. The number of carboxylic acid groups (broad SMARTS) is 1. The second-order valence-corrected chi connectivity index (χ2v) is 3.41. The number of rotatable bonds is 2. The van der Waals surface area contributed by atoms with Gasteiger partial charge in [-0.2, -0.15) is 5.26 Å². The van der Waals surface area contributed by atoms with E-state index in [1.165, 1.54) is 4.90 Å². The topological polar surface area (TPSA) is 64.3 Å². The first-order valence-corrected chi connectivity index (χ1v) is 4.58. The molecule has 4 heteroatoms. The molecule has 0 saturated carbocycles. The number of benzene rings is 1. The van der Waals surface area contributed by atoms with Crippen molar-refractivity contribution in [2.45, 2.75) is 19.9 Å². The van der Waals surface area contributed by atoms with E-state index in [1.54, 1.807) is 38.1 Å². The van der Waals surface area contributed by atoms with Crippen molar-refractivity contribution >= 4 is 11.8 Å². The minimum Gasteiger partial charge on any atom is -0.465 e. The van der Waals surface area contributed by atoms with E-state index in [0.29, 0.717) is 11.3 Å². The van der Waals surface area contributed by atoms with E-state index in [9.17, 15) is 4.79 Å². The van der Waals surface area contributed by atoms with Crippen LogP contribution in [0.15, 0.2) is 24.3 Å². The molecule has 0 saturated heterocycles. The molecule has 0 spiro atoms. The summed E-state index contributed by atoms with van der Waals surface area (Å²) in [6.07, 6.45) is -1.01. The number of amides is 1. The second kappa shape index (κ2) is 4.47. The van der Waals surface area contributed by atoms with Gasteiger partial charge < -0.3 is 5.11 Å². The van der Waals surface area contributed by atoms with Crippen LogP contribution >= 0.6 is 0 Å². The Labute approximate surface area is 88.4 Å². The standard InChI is InChI=1S/C11H12N2O2/c1-8(2)13(11(14)15)10-5-3-4-9(6-10)7-12/h3-6,8H,1-2H3,(H,14,15). The number of anilines is 1. The van der Waals surface area contributed by atoms with Gasteiger partial charge in [-0.05, 0) is 32.0 Å². The lowest BCUT2D eigenvalue weighted by Crippen LogP contribution is -2.35. The molecule has 0 aliphatic carbocycles. The molecule has 15 heavy (non-hydrogen) atoms. The smallest absolute Gasteiger partial charge is 0.412 e. The molecule has 0 bridgehead atoms. The summed E-state index contributed by atoms with van der Waals surface area (Å²) in [5.41, 5.74) is 0.982. The molecule has 0 heterocycles. The highest BCUT2D eigenvalue weighted by atomic mass is 16.4. The van der Waals surface area contributed by atoms with Crippen LogP contribution in [0.2, 0.25) is 0 Å². The quantitative estimate of drug-likeness (QED) is 0.804. The Morgan fingerprint density at radius 3 is 2.67 bits per heavy atom. The molecular weight excluding hydrogens is 192 g/mol. The SMILES string of the molecule is CC(C)N(C(=O)O)c1cccc(C#N)c1. The van der Waals surface area contributed by atoms with Gasteiger partial charge in [0.25, 0.3) is 0 Å². The van der Waals surface area contributed by atoms with Crippen LogP contribution in [-0.2, 0) is 0 Å². The van der Waals surface area contributed by atoms with Crippen LogP contribution in [-0.4, -0.2) is 17.2 Å². The van der Waals surface area contributed by atoms with Gasteiger partial charge in [0.1, 0.15) is 0 Å². The van der Waals surface area contributed by atoms with Crippen molar-refractivity contribution in [1.29, 1.82) is 5.26 Å². The normalized spacial score (nSPS) is 9.73. The molecular formula is C11H12N2O2. The van der Waals surface area contributed by atoms with Gasteiger partial charge in [0, 0.05) is 11.7 Å². The zero-order valence-electron chi connectivity index (χ0n) is 8.64. The van der Waals surface area contributed by atoms with E-state index in [4.69, 9.17) is 10.4 Å². The number of hydrogen-bond donors (Lipinski definition) is 1. The van der Waals surface area contributed by atoms with Gasteiger partial charge in [-0.1, -0.05) is 6.07 Å². The molecule has 0 fully saturated rings. The van der Waals surface area contributed by atoms with Gasteiger partial charge in [0.15, 0.2) is 0 Å². The average molecular weight is 204 g/mol. The Balaban J connectivity index is 3.12. The Morgan fingerprint density at radius 2 is 2.20 bits per heavy atom. The average Bonchev–Trinajstić information content (AvgIpc) is 2.17. The minimum atomic E-state index is -1.01. The first-order chi connectivity index (χ1) is 7.06. The van der Waals surface area contributed by atoms with E-state index in [0.717, 1.165) is 0 Å². The monoisotopic (exact) mass is 204 g/mol. The summed E-state index contributed by atoms with van der Waals surface area (Å²) in [5, 5.41) is 17.7. The fraction of sp³-hybridized carbons (Fsp3) is 0.273. The maximum absolute atomic E-state index is 11.0. The van der Waals surface area contributed by atoms with E-state index in [-0.39, 0.29) is 6.04 Å². The highest BCUT2D eigenvalue weighted by Crippen LogP contribution is 2.18. The van der Waals surface area contributed by atoms with Crippen LogP contribution in [0.1, 0.15) is 19.4 Å². The van der Waals surface area contributed by atoms with E-state index in [1.807, 2.05) is 6.07 Å². The molecule has 4 nitrogen and oxygen atoms in total. The van der Waals surface area contributed by atoms with Gasteiger partial charge in [-0.3, -0.25) is 4.90 Å². The zero-order chi connectivity index (χ0) is 11.4. The van der Waals surface area contributed by atoms with Crippen molar-refractivity contribution in [3.05, 3.63) is 29.8 Å². The molecule has 0 atom stereocenters. The lowest BCUT2D eigenvalue weighted by molar-refractivity contribution is 0.200. The van der Waals surface area contributed by atoms with Crippen LogP contribution in [0.3, 0.4) is 0 Å². The molecule has 0 unspecified atom stereocenters. The molecule has 1 aromatic carbocycles. The highest BCUT2D eigenvalue weighted by molar-refractivity contribution is 5.86. The summed E-state index contributed by atoms with van der Waals surface area (Å²) in [6.45, 7) is 3.57. The third-order valence-electron chi connectivity index (χ3n) is 1.98. The van der Waals surface area contributed by atoms with Gasteiger partial charge >= 0.3 is 6.09 Å². The van der Waals surface area contributed by atoms with E-state index >= 15 is 0 Å². The molecule has 0 aromatic heterocycles. The van der Waals surface area contributed by atoms with Crippen molar-refractivity contribution in [3.63, 3.8) is 0 Å². The zero-order valence-corrected chi connectivity index (χ0v) is 8.64. The van der Waals surface area contributed by atoms with Gasteiger partial charge in [0.05, 0.1) is 11.6 Å². The van der Waals surface area contributed by atoms with Gasteiger partial charge in [-0.15, -0.1) is 0 Å². The highest BCUT2D eigenvalue weighted by Gasteiger charge is 2.17. The van der Waals surface area contributed by atoms with Crippen LogP contribution in [0.4, 0.5) is 10.5 Å². The van der Waals surface area contributed by atoms with Crippen molar-refractivity contribution in [1.82, 2.24) is 0 Å². The molecule has 78 valence electrons. The predicted molar refractivity (Wildman–Crippen MR) is 56.8 cm³/mol. The summed E-state index contributed by atoms with van der Waals surface area (Å²) < 4.78 is 0. The molecule has 0 aliphatic rings. The number of nitrogens with zero attached hydrogens (tertiary/aromatic N) is 2. The minimum absolute atomic E-state index is 0.156. The molecule has 1 aromatic rings. The van der Waals surface area contributed by atoms with Gasteiger partial charge in [0.2, 0.25) is 0 Å². The van der Waals surface area contributed by atoms with Crippen LogP contribution in [0, 0.1) is 11.3 Å². The maximum atomic E-state index is 11.0. The summed E-state index contributed by atoms with van der Waals surface area (Å²) >= 11 is 0.